The minimum atomic E-state index is 0.300. The minimum absolute atomic E-state index is 0.300. The van der Waals surface area contributed by atoms with Gasteiger partial charge in [-0.15, -0.1) is 0 Å². The lowest BCUT2D eigenvalue weighted by molar-refractivity contribution is 0.243. The third kappa shape index (κ3) is 4.71. The van der Waals surface area contributed by atoms with Crippen LogP contribution in [0.4, 0.5) is 5.69 Å². The van der Waals surface area contributed by atoms with Crippen LogP contribution in [-0.2, 0) is 0 Å². The molecule has 1 saturated heterocycles. The molecule has 1 aliphatic heterocycles. The van der Waals surface area contributed by atoms with Crippen LogP contribution in [0.15, 0.2) is 24.3 Å². The summed E-state index contributed by atoms with van der Waals surface area (Å²) in [7, 11) is 0. The van der Waals surface area contributed by atoms with Crippen molar-refractivity contribution >= 4 is 5.69 Å². The number of rotatable bonds is 4. The zero-order valence-corrected chi connectivity index (χ0v) is 13.1. The van der Waals surface area contributed by atoms with Crippen LogP contribution >= 0.6 is 0 Å². The molecule has 0 amide bonds. The van der Waals surface area contributed by atoms with Gasteiger partial charge in [0, 0.05) is 30.9 Å². The summed E-state index contributed by atoms with van der Waals surface area (Å²) in [6.45, 7) is 9.53. The summed E-state index contributed by atoms with van der Waals surface area (Å²) in [4.78, 5) is 2.37. The molecule has 0 spiro atoms. The molecule has 0 bridgehead atoms. The van der Waals surface area contributed by atoms with Gasteiger partial charge in [0.1, 0.15) is 5.75 Å². The van der Waals surface area contributed by atoms with Gasteiger partial charge in [0.05, 0.1) is 6.61 Å². The Morgan fingerprint density at radius 2 is 2.15 bits per heavy atom. The lowest BCUT2D eigenvalue weighted by Crippen LogP contribution is -2.42. The first-order chi connectivity index (χ1) is 9.44. The van der Waals surface area contributed by atoms with E-state index in [0.29, 0.717) is 11.5 Å². The number of hydrogen-bond donors (Lipinski definition) is 1. The Morgan fingerprint density at radius 3 is 2.85 bits per heavy atom. The van der Waals surface area contributed by atoms with Crippen LogP contribution in [-0.4, -0.2) is 25.7 Å². The molecule has 1 aliphatic rings. The van der Waals surface area contributed by atoms with Gasteiger partial charge in [-0.25, -0.2) is 0 Å². The molecule has 0 saturated carbocycles. The molecule has 0 aromatic heterocycles. The van der Waals surface area contributed by atoms with Gasteiger partial charge in [0.25, 0.3) is 0 Å². The lowest BCUT2D eigenvalue weighted by Gasteiger charge is -2.32. The van der Waals surface area contributed by atoms with E-state index in [-0.39, 0.29) is 0 Å². The second-order valence-electron chi connectivity index (χ2n) is 7.00. The fraction of sp³-hybridized carbons (Fsp3) is 0.647. The molecular weight excluding hydrogens is 248 g/mol. The van der Waals surface area contributed by atoms with Crippen LogP contribution in [0.1, 0.15) is 40.0 Å². The first-order valence-electron chi connectivity index (χ1n) is 7.67. The molecule has 20 heavy (non-hydrogen) atoms. The maximum atomic E-state index is 6.06. The average molecular weight is 276 g/mol. The van der Waals surface area contributed by atoms with E-state index in [1.165, 1.54) is 12.1 Å². The Bertz CT molecular complexity index is 425. The summed E-state index contributed by atoms with van der Waals surface area (Å²) >= 11 is 0. The molecule has 1 heterocycles. The van der Waals surface area contributed by atoms with E-state index in [9.17, 15) is 0 Å². The maximum absolute atomic E-state index is 6.06. The van der Waals surface area contributed by atoms with E-state index in [0.717, 1.165) is 38.3 Å². The SMILES string of the molecule is CC(C)(C)CCOc1cccc(N2CCCC(N)C2)c1. The van der Waals surface area contributed by atoms with E-state index in [4.69, 9.17) is 10.5 Å². The molecule has 0 radical (unpaired) electrons. The molecule has 1 aromatic carbocycles. The highest BCUT2D eigenvalue weighted by molar-refractivity contribution is 5.51. The lowest BCUT2D eigenvalue weighted by atomic mass is 9.93. The van der Waals surface area contributed by atoms with Gasteiger partial charge in [-0.05, 0) is 36.8 Å². The van der Waals surface area contributed by atoms with E-state index in [1.807, 2.05) is 6.07 Å². The molecule has 3 nitrogen and oxygen atoms in total. The third-order valence-corrected chi connectivity index (χ3v) is 3.76. The van der Waals surface area contributed by atoms with Crippen LogP contribution in [0.25, 0.3) is 0 Å². The monoisotopic (exact) mass is 276 g/mol. The van der Waals surface area contributed by atoms with Gasteiger partial charge >= 0.3 is 0 Å². The normalized spacial score (nSPS) is 20.0. The van der Waals surface area contributed by atoms with E-state index in [2.05, 4.69) is 43.9 Å². The molecule has 3 heteroatoms. The van der Waals surface area contributed by atoms with E-state index in [1.54, 1.807) is 0 Å². The van der Waals surface area contributed by atoms with Crippen LogP contribution in [0, 0.1) is 5.41 Å². The number of nitrogens with two attached hydrogens (primary N) is 1. The van der Waals surface area contributed by atoms with Crippen molar-refractivity contribution < 1.29 is 4.74 Å². The highest BCUT2D eigenvalue weighted by Crippen LogP contribution is 2.25. The van der Waals surface area contributed by atoms with Gasteiger partial charge in [-0.1, -0.05) is 26.8 Å². The molecular formula is C17H28N2O. The largest absolute Gasteiger partial charge is 0.493 e. The van der Waals surface area contributed by atoms with Gasteiger partial charge in [-0.3, -0.25) is 0 Å². The predicted octanol–water partition coefficient (Wildman–Crippen LogP) is 3.43. The molecule has 1 fully saturated rings. The van der Waals surface area contributed by atoms with Gasteiger partial charge in [0.2, 0.25) is 0 Å². The van der Waals surface area contributed by atoms with Crippen LogP contribution < -0.4 is 15.4 Å². The number of benzene rings is 1. The fourth-order valence-corrected chi connectivity index (χ4v) is 2.49. The number of ether oxygens (including phenoxy) is 1. The Balaban J connectivity index is 1.93. The molecule has 2 rings (SSSR count). The summed E-state index contributed by atoms with van der Waals surface area (Å²) in [5, 5.41) is 0. The van der Waals surface area contributed by atoms with Crippen molar-refractivity contribution in [2.24, 2.45) is 11.1 Å². The molecule has 112 valence electrons. The highest BCUT2D eigenvalue weighted by atomic mass is 16.5. The highest BCUT2D eigenvalue weighted by Gasteiger charge is 2.17. The molecule has 1 aromatic rings. The Kier molecular flexibility index (Phi) is 4.92. The van der Waals surface area contributed by atoms with Gasteiger partial charge in [-0.2, -0.15) is 0 Å². The first-order valence-corrected chi connectivity index (χ1v) is 7.67. The summed E-state index contributed by atoms with van der Waals surface area (Å²) in [6, 6.07) is 8.70. The maximum Gasteiger partial charge on any atom is 0.121 e. The topological polar surface area (TPSA) is 38.5 Å². The summed E-state index contributed by atoms with van der Waals surface area (Å²) in [5.41, 5.74) is 7.60. The smallest absolute Gasteiger partial charge is 0.121 e. The van der Waals surface area contributed by atoms with E-state index < -0.39 is 0 Å². The van der Waals surface area contributed by atoms with Crippen molar-refractivity contribution in [2.45, 2.75) is 46.1 Å². The van der Waals surface area contributed by atoms with Crippen molar-refractivity contribution in [3.05, 3.63) is 24.3 Å². The second kappa shape index (κ2) is 6.49. The number of anilines is 1. The summed E-state index contributed by atoms with van der Waals surface area (Å²) < 4.78 is 5.88. The van der Waals surface area contributed by atoms with Crippen molar-refractivity contribution in [3.8, 4) is 5.75 Å². The van der Waals surface area contributed by atoms with Crippen LogP contribution in [0.2, 0.25) is 0 Å². The quantitative estimate of drug-likeness (QED) is 0.915. The van der Waals surface area contributed by atoms with Crippen molar-refractivity contribution in [1.82, 2.24) is 0 Å². The Hall–Kier alpha value is -1.22. The van der Waals surface area contributed by atoms with Gasteiger partial charge in [0.15, 0.2) is 0 Å². The summed E-state index contributed by atoms with van der Waals surface area (Å²) in [5.74, 6) is 0.964. The van der Waals surface area contributed by atoms with Crippen LogP contribution in [0.3, 0.4) is 0 Å². The standard InChI is InChI=1S/C17H28N2O/c1-17(2,3)9-11-20-16-8-4-7-15(12-16)19-10-5-6-14(18)13-19/h4,7-8,12,14H,5-6,9-11,13,18H2,1-3H3. The number of piperidine rings is 1. The molecule has 1 unspecified atom stereocenters. The Labute approximate surface area is 123 Å². The van der Waals surface area contributed by atoms with Crippen molar-refractivity contribution in [1.29, 1.82) is 0 Å². The number of nitrogens with zero attached hydrogens (tertiary/aromatic N) is 1. The second-order valence-corrected chi connectivity index (χ2v) is 7.00. The first kappa shape index (κ1) is 15.2. The average Bonchev–Trinajstić information content (AvgIpc) is 2.38. The zero-order valence-electron chi connectivity index (χ0n) is 13.1. The van der Waals surface area contributed by atoms with Crippen LogP contribution in [0.5, 0.6) is 5.75 Å². The molecule has 1 atom stereocenters. The third-order valence-electron chi connectivity index (χ3n) is 3.76. The van der Waals surface area contributed by atoms with E-state index >= 15 is 0 Å². The summed E-state index contributed by atoms with van der Waals surface area (Å²) in [6.07, 6.45) is 3.38. The minimum Gasteiger partial charge on any atom is -0.493 e. The molecule has 2 N–H and O–H groups in total. The Morgan fingerprint density at radius 1 is 1.35 bits per heavy atom. The zero-order chi connectivity index (χ0) is 14.6. The van der Waals surface area contributed by atoms with Gasteiger partial charge < -0.3 is 15.4 Å². The van der Waals surface area contributed by atoms with Crippen molar-refractivity contribution in [2.75, 3.05) is 24.6 Å². The predicted molar refractivity (Wildman–Crippen MR) is 85.4 cm³/mol. The van der Waals surface area contributed by atoms with Crippen molar-refractivity contribution in [3.63, 3.8) is 0 Å². The fourth-order valence-electron chi connectivity index (χ4n) is 2.49. The number of hydrogen-bond acceptors (Lipinski definition) is 3. The molecule has 0 aliphatic carbocycles.